The Balaban J connectivity index is 0.850. The second-order valence-electron chi connectivity index (χ2n) is 13.4. The molecule has 9 heteroatoms. The third-order valence-electron chi connectivity index (χ3n) is 10.3. The van der Waals surface area contributed by atoms with Gasteiger partial charge < -0.3 is 19.0 Å². The van der Waals surface area contributed by atoms with Gasteiger partial charge in [-0.3, -0.25) is 14.6 Å². The summed E-state index contributed by atoms with van der Waals surface area (Å²) in [5.74, 6) is 1.40. The van der Waals surface area contributed by atoms with Crippen LogP contribution in [-0.2, 0) is 13.0 Å². The molecule has 0 amide bonds. The number of carbonyl (C=O) groups excluding carboxylic acids is 1. The number of H-pyrrole nitrogens is 1. The van der Waals surface area contributed by atoms with Crippen LogP contribution in [0.2, 0.25) is 0 Å². The number of carbonyl (C=O) groups is 1. The Morgan fingerprint density at radius 1 is 1.09 bits per heavy atom. The van der Waals surface area contributed by atoms with E-state index in [4.69, 9.17) is 9.15 Å². The van der Waals surface area contributed by atoms with Gasteiger partial charge in [0.05, 0.1) is 12.5 Å². The molecule has 3 aromatic heterocycles. The zero-order chi connectivity index (χ0) is 30.7. The summed E-state index contributed by atoms with van der Waals surface area (Å²) in [6.45, 7) is 9.38. The summed E-state index contributed by atoms with van der Waals surface area (Å²) in [5, 5.41) is 1.58. The number of nitrogens with one attached hydrogen (secondary N) is 1. The summed E-state index contributed by atoms with van der Waals surface area (Å²) in [6, 6.07) is 15.0. The number of aromatic nitrogens is 2. The highest BCUT2D eigenvalue weighted by Gasteiger charge is 2.54. The first-order valence-corrected chi connectivity index (χ1v) is 15.9. The Labute approximate surface area is 261 Å². The van der Waals surface area contributed by atoms with Crippen molar-refractivity contribution >= 4 is 34.0 Å². The van der Waals surface area contributed by atoms with E-state index in [9.17, 15) is 9.18 Å². The molecule has 2 saturated heterocycles. The number of nitrogens with zero attached hydrogens (tertiary/aromatic N) is 4. The van der Waals surface area contributed by atoms with Gasteiger partial charge in [0.1, 0.15) is 23.5 Å². The molecule has 8 rings (SSSR count). The summed E-state index contributed by atoms with van der Waals surface area (Å²) in [4.78, 5) is 26.7. The molecule has 0 atom stereocenters. The van der Waals surface area contributed by atoms with Crippen LogP contribution in [0.4, 0.5) is 10.1 Å². The van der Waals surface area contributed by atoms with Crippen molar-refractivity contribution in [3.8, 4) is 5.75 Å². The number of rotatable bonds is 8. The maximum absolute atomic E-state index is 14.1. The second-order valence-corrected chi connectivity index (χ2v) is 13.4. The Hall–Kier alpha value is -4.21. The van der Waals surface area contributed by atoms with Crippen LogP contribution in [0.15, 0.2) is 59.3 Å². The van der Waals surface area contributed by atoms with E-state index >= 15 is 0 Å². The lowest BCUT2D eigenvalue weighted by Crippen LogP contribution is -2.68. The fourth-order valence-corrected chi connectivity index (χ4v) is 7.89. The molecule has 1 spiro atoms. The standard InChI is InChI=1S/C36H38FN5O3/c1-23-9-28-11-25(13-33(44-2)34(28)45-23)19-40-5-7-41(8-6-40)30-15-36(16-30)21-42(22-36)29-4-3-26(20-43)27(14-29)10-24-12-31-32(37)18-39-35(31)38-17-24/h3-4,9,11-14,17-18,20,30H,5-8,10,15-16,19,21-22H2,1-2H3,(H,38,39). The van der Waals surface area contributed by atoms with Crippen LogP contribution in [0, 0.1) is 18.2 Å². The summed E-state index contributed by atoms with van der Waals surface area (Å²) in [5.41, 5.74) is 6.69. The molecule has 5 aromatic rings. The molecule has 3 fully saturated rings. The number of aryl methyl sites for hydroxylation is 1. The van der Waals surface area contributed by atoms with Crippen LogP contribution in [0.5, 0.6) is 5.75 Å². The van der Waals surface area contributed by atoms with Gasteiger partial charge in [-0.15, -0.1) is 0 Å². The van der Waals surface area contributed by atoms with Crippen LogP contribution >= 0.6 is 0 Å². The van der Waals surface area contributed by atoms with E-state index in [1.54, 1.807) is 13.3 Å². The van der Waals surface area contributed by atoms with Crippen LogP contribution in [0.25, 0.3) is 22.0 Å². The molecule has 5 heterocycles. The SMILES string of the molecule is COc1cc(CN2CCN(C3CC4(C3)CN(c3ccc(C=O)c(Cc5cnc6[nH]cc(F)c6c5)c3)C4)CC2)cc2cc(C)oc12. The molecule has 2 aromatic carbocycles. The largest absolute Gasteiger partial charge is 0.493 e. The minimum atomic E-state index is -0.310. The highest BCUT2D eigenvalue weighted by atomic mass is 19.1. The van der Waals surface area contributed by atoms with E-state index in [1.807, 2.05) is 19.1 Å². The summed E-state index contributed by atoms with van der Waals surface area (Å²) in [6.07, 6.45) is 7.03. The summed E-state index contributed by atoms with van der Waals surface area (Å²) < 4.78 is 25.6. The van der Waals surface area contributed by atoms with E-state index in [2.05, 4.69) is 55.0 Å². The molecule has 232 valence electrons. The second kappa shape index (κ2) is 11.0. The van der Waals surface area contributed by atoms with Crippen molar-refractivity contribution in [2.45, 2.75) is 38.8 Å². The van der Waals surface area contributed by atoms with Crippen LogP contribution in [0.1, 0.15) is 45.7 Å². The number of anilines is 1. The first-order chi connectivity index (χ1) is 21.9. The molecule has 1 aliphatic carbocycles. The van der Waals surface area contributed by atoms with Gasteiger partial charge in [-0.05, 0) is 85.3 Å². The van der Waals surface area contributed by atoms with Gasteiger partial charge in [-0.25, -0.2) is 9.37 Å². The minimum Gasteiger partial charge on any atom is -0.493 e. The molecule has 0 radical (unpaired) electrons. The number of methoxy groups -OCH3 is 1. The lowest BCUT2D eigenvalue weighted by Gasteiger charge is -2.62. The lowest BCUT2D eigenvalue weighted by molar-refractivity contribution is -0.0380. The maximum Gasteiger partial charge on any atom is 0.176 e. The number of piperazine rings is 1. The highest BCUT2D eigenvalue weighted by Crippen LogP contribution is 2.51. The van der Waals surface area contributed by atoms with Gasteiger partial charge in [0.25, 0.3) is 0 Å². The van der Waals surface area contributed by atoms with Crippen molar-refractivity contribution in [2.24, 2.45) is 5.41 Å². The number of aldehydes is 1. The van der Waals surface area contributed by atoms with Gasteiger partial charge >= 0.3 is 0 Å². The van der Waals surface area contributed by atoms with Crippen molar-refractivity contribution in [1.29, 1.82) is 0 Å². The van der Waals surface area contributed by atoms with Gasteiger partial charge in [-0.2, -0.15) is 0 Å². The maximum atomic E-state index is 14.1. The van der Waals surface area contributed by atoms with Crippen LogP contribution in [0.3, 0.4) is 0 Å². The topological polar surface area (TPSA) is 77.8 Å². The monoisotopic (exact) mass is 607 g/mol. The van der Waals surface area contributed by atoms with Gasteiger partial charge in [-0.1, -0.05) is 0 Å². The minimum absolute atomic E-state index is 0.310. The van der Waals surface area contributed by atoms with Crippen molar-refractivity contribution in [3.63, 3.8) is 0 Å². The Morgan fingerprint density at radius 3 is 2.69 bits per heavy atom. The number of ether oxygens (including phenoxy) is 1. The predicted octanol–water partition coefficient (Wildman–Crippen LogP) is 5.96. The average molecular weight is 608 g/mol. The molecule has 0 unspecified atom stereocenters. The number of benzene rings is 2. The third-order valence-corrected chi connectivity index (χ3v) is 10.3. The quantitative estimate of drug-likeness (QED) is 0.218. The van der Waals surface area contributed by atoms with Gasteiger partial charge in [0.2, 0.25) is 0 Å². The number of hydrogen-bond acceptors (Lipinski definition) is 7. The van der Waals surface area contributed by atoms with E-state index < -0.39 is 0 Å². The number of halogens is 1. The van der Waals surface area contributed by atoms with Gasteiger partial charge in [0, 0.05) is 86.3 Å². The van der Waals surface area contributed by atoms with Crippen molar-refractivity contribution < 1.29 is 18.3 Å². The van der Waals surface area contributed by atoms with Crippen LogP contribution < -0.4 is 9.64 Å². The van der Waals surface area contributed by atoms with E-state index in [0.717, 1.165) is 91.4 Å². The molecular formula is C36H38FN5O3. The number of fused-ring (bicyclic) bond motifs is 2. The fourth-order valence-electron chi connectivity index (χ4n) is 7.89. The molecule has 0 bridgehead atoms. The van der Waals surface area contributed by atoms with Crippen molar-refractivity contribution in [1.82, 2.24) is 19.8 Å². The number of furan rings is 1. The first-order valence-electron chi connectivity index (χ1n) is 15.9. The molecule has 3 aliphatic rings. The molecule has 2 aliphatic heterocycles. The Kier molecular flexibility index (Phi) is 6.91. The normalized spacial score (nSPS) is 18.9. The predicted molar refractivity (Wildman–Crippen MR) is 173 cm³/mol. The average Bonchev–Trinajstić information content (AvgIpc) is 3.57. The lowest BCUT2D eigenvalue weighted by atomic mass is 9.60. The smallest absolute Gasteiger partial charge is 0.176 e. The Bertz CT molecular complexity index is 1890. The molecule has 45 heavy (non-hydrogen) atoms. The van der Waals surface area contributed by atoms with Crippen LogP contribution in [-0.4, -0.2) is 78.5 Å². The van der Waals surface area contributed by atoms with E-state index in [1.165, 1.54) is 24.6 Å². The van der Waals surface area contributed by atoms with E-state index in [0.29, 0.717) is 34.5 Å². The highest BCUT2D eigenvalue weighted by molar-refractivity contribution is 5.84. The Morgan fingerprint density at radius 2 is 1.91 bits per heavy atom. The van der Waals surface area contributed by atoms with Crippen molar-refractivity contribution in [3.05, 3.63) is 88.7 Å². The molecule has 1 N–H and O–H groups in total. The number of pyridine rings is 1. The van der Waals surface area contributed by atoms with Crippen molar-refractivity contribution in [2.75, 3.05) is 51.3 Å². The molecule has 8 nitrogen and oxygen atoms in total. The number of aromatic amines is 1. The first kappa shape index (κ1) is 28.3. The van der Waals surface area contributed by atoms with Gasteiger partial charge in [0.15, 0.2) is 11.3 Å². The third kappa shape index (κ3) is 5.17. The summed E-state index contributed by atoms with van der Waals surface area (Å²) in [7, 11) is 1.71. The zero-order valence-corrected chi connectivity index (χ0v) is 25.8. The zero-order valence-electron chi connectivity index (χ0n) is 25.8. The fraction of sp³-hybridized carbons (Fsp3) is 0.389. The molecular weight excluding hydrogens is 569 g/mol. The number of hydrogen-bond donors (Lipinski definition) is 1. The summed E-state index contributed by atoms with van der Waals surface area (Å²) >= 11 is 0. The molecule has 1 saturated carbocycles. The van der Waals surface area contributed by atoms with E-state index in [-0.39, 0.29) is 5.82 Å².